The summed E-state index contributed by atoms with van der Waals surface area (Å²) in [5.74, 6) is 0.835. The number of nitrogens with zero attached hydrogens (tertiary/aromatic N) is 4. The van der Waals surface area contributed by atoms with E-state index in [0.717, 1.165) is 11.1 Å². The van der Waals surface area contributed by atoms with E-state index in [1.165, 1.54) is 12.1 Å². The van der Waals surface area contributed by atoms with E-state index in [9.17, 15) is 9.50 Å². The molecule has 202 valence electrons. The zero-order chi connectivity index (χ0) is 28.2. The highest BCUT2D eigenvalue weighted by Crippen LogP contribution is 2.39. The number of benzene rings is 3. The summed E-state index contributed by atoms with van der Waals surface area (Å²) >= 11 is 0. The number of aliphatic hydroxyl groups excluding tert-OH is 1. The number of hydrogen-bond acceptors (Lipinski definition) is 7. The van der Waals surface area contributed by atoms with Crippen molar-refractivity contribution >= 4 is 27.6 Å². The maximum absolute atomic E-state index is 14.9. The summed E-state index contributed by atoms with van der Waals surface area (Å²) in [6, 6.07) is 19.4. The topological polar surface area (TPSA) is 107 Å². The van der Waals surface area contributed by atoms with Crippen LogP contribution in [0.3, 0.4) is 0 Å². The van der Waals surface area contributed by atoms with Crippen LogP contribution in [0.2, 0.25) is 0 Å². The van der Waals surface area contributed by atoms with Crippen LogP contribution in [0.15, 0.2) is 73.3 Å². The first-order valence-corrected chi connectivity index (χ1v) is 12.7. The number of aromatic nitrogens is 3. The van der Waals surface area contributed by atoms with Crippen molar-refractivity contribution in [2.24, 2.45) is 0 Å². The molecule has 3 aromatic carbocycles. The van der Waals surface area contributed by atoms with Gasteiger partial charge < -0.3 is 24.5 Å². The number of ether oxygens (including phenoxy) is 2. The lowest BCUT2D eigenvalue weighted by Gasteiger charge is -2.18. The molecule has 5 rings (SSSR count). The second kappa shape index (κ2) is 11.4. The van der Waals surface area contributed by atoms with Crippen LogP contribution >= 0.6 is 0 Å². The number of halogens is 1. The number of H-pyrrole nitrogens is 1. The fraction of sp³-hybridized carbons (Fsp3) is 0.194. The summed E-state index contributed by atoms with van der Waals surface area (Å²) in [6.07, 6.45) is 0.906. The molecule has 2 heterocycles. The standard InChI is InChI=1S/C31H28FN5O3/c1-4-13-37(3)24-17-22(32)16-23-28-29(34-19(2)35-31(28)36-30(23)24)21-10-11-26(27(15-21)39-14-12-33)40-18-25(38)20-8-6-5-7-9-20/h4-11,15-17,25,38H,1,13-14,18H2,2-3H3,(H,34,35,36). The molecule has 2 aromatic heterocycles. The molecular formula is C31H28FN5O3. The minimum atomic E-state index is -0.844. The molecule has 0 aliphatic carbocycles. The highest BCUT2D eigenvalue weighted by Gasteiger charge is 2.20. The maximum atomic E-state index is 14.9. The van der Waals surface area contributed by atoms with Gasteiger partial charge in [0, 0.05) is 24.5 Å². The Kier molecular flexibility index (Phi) is 7.62. The van der Waals surface area contributed by atoms with Crippen LogP contribution < -0.4 is 14.4 Å². The van der Waals surface area contributed by atoms with Gasteiger partial charge in [-0.2, -0.15) is 5.26 Å². The molecule has 0 aliphatic rings. The van der Waals surface area contributed by atoms with Gasteiger partial charge in [0.1, 0.15) is 36.1 Å². The SMILES string of the molecule is C=CCN(C)c1cc(F)cc2c1[nH]c1nc(C)nc(-c3ccc(OCC(O)c4ccccc4)c(OCC#N)c3)c12. The Labute approximate surface area is 230 Å². The number of aryl methyl sites for hydroxylation is 1. The molecule has 0 fully saturated rings. The Morgan fingerprint density at radius 2 is 1.93 bits per heavy atom. The molecule has 1 unspecified atom stereocenters. The predicted octanol–water partition coefficient (Wildman–Crippen LogP) is 5.86. The average Bonchev–Trinajstić information content (AvgIpc) is 3.32. The lowest BCUT2D eigenvalue weighted by molar-refractivity contribution is 0.106. The quantitative estimate of drug-likeness (QED) is 0.215. The van der Waals surface area contributed by atoms with Crippen molar-refractivity contribution in [3.8, 4) is 28.8 Å². The maximum Gasteiger partial charge on any atom is 0.174 e. The Hall–Kier alpha value is -4.94. The fourth-order valence-electron chi connectivity index (χ4n) is 4.70. The van der Waals surface area contributed by atoms with Crippen molar-refractivity contribution in [3.63, 3.8) is 0 Å². The normalized spacial score (nSPS) is 11.8. The van der Waals surface area contributed by atoms with E-state index < -0.39 is 6.10 Å². The van der Waals surface area contributed by atoms with Crippen molar-refractivity contribution in [1.29, 1.82) is 5.26 Å². The molecular weight excluding hydrogens is 509 g/mol. The number of nitriles is 1. The van der Waals surface area contributed by atoms with Crippen molar-refractivity contribution in [2.45, 2.75) is 13.0 Å². The molecule has 0 spiro atoms. The number of fused-ring (bicyclic) bond motifs is 3. The van der Waals surface area contributed by atoms with E-state index in [1.807, 2.05) is 54.4 Å². The highest BCUT2D eigenvalue weighted by atomic mass is 19.1. The lowest BCUT2D eigenvalue weighted by Crippen LogP contribution is -2.17. The molecule has 40 heavy (non-hydrogen) atoms. The zero-order valence-corrected chi connectivity index (χ0v) is 22.2. The van der Waals surface area contributed by atoms with Crippen LogP contribution in [0.4, 0.5) is 10.1 Å². The molecule has 0 aliphatic heterocycles. The number of aliphatic hydroxyl groups is 1. The van der Waals surface area contributed by atoms with Gasteiger partial charge in [0.25, 0.3) is 0 Å². The molecule has 2 N–H and O–H groups in total. The second-order valence-corrected chi connectivity index (χ2v) is 9.33. The summed E-state index contributed by atoms with van der Waals surface area (Å²) in [6.45, 7) is 5.90. The number of aromatic amines is 1. The highest BCUT2D eigenvalue weighted by molar-refractivity contribution is 6.15. The van der Waals surface area contributed by atoms with Crippen molar-refractivity contribution in [1.82, 2.24) is 15.0 Å². The van der Waals surface area contributed by atoms with Crippen LogP contribution in [-0.4, -0.2) is 46.9 Å². The molecule has 8 nitrogen and oxygen atoms in total. The van der Waals surface area contributed by atoms with E-state index in [1.54, 1.807) is 25.1 Å². The molecule has 5 aromatic rings. The Bertz CT molecular complexity index is 1730. The Morgan fingerprint density at radius 1 is 1.12 bits per heavy atom. The van der Waals surface area contributed by atoms with Crippen molar-refractivity contribution < 1.29 is 19.0 Å². The minimum absolute atomic E-state index is 0.00807. The van der Waals surface area contributed by atoms with Gasteiger partial charge in [-0.05, 0) is 42.8 Å². The first-order chi connectivity index (χ1) is 19.4. The van der Waals surface area contributed by atoms with Crippen molar-refractivity contribution in [2.75, 3.05) is 31.7 Å². The third-order valence-corrected chi connectivity index (χ3v) is 6.52. The van der Waals surface area contributed by atoms with Gasteiger partial charge in [0.05, 0.1) is 22.3 Å². The predicted molar refractivity (Wildman–Crippen MR) is 153 cm³/mol. The molecule has 9 heteroatoms. The number of anilines is 1. The zero-order valence-electron chi connectivity index (χ0n) is 22.2. The minimum Gasteiger partial charge on any atom is -0.487 e. The number of rotatable bonds is 10. The third-order valence-electron chi connectivity index (χ3n) is 6.52. The van der Waals surface area contributed by atoms with Gasteiger partial charge >= 0.3 is 0 Å². The average molecular weight is 538 g/mol. The molecule has 0 radical (unpaired) electrons. The molecule has 0 bridgehead atoms. The van der Waals surface area contributed by atoms with Crippen LogP contribution in [0.5, 0.6) is 11.5 Å². The monoisotopic (exact) mass is 537 g/mol. The second-order valence-electron chi connectivity index (χ2n) is 9.33. The number of hydrogen-bond donors (Lipinski definition) is 2. The molecule has 0 saturated heterocycles. The number of nitrogens with one attached hydrogen (secondary N) is 1. The summed E-state index contributed by atoms with van der Waals surface area (Å²) < 4.78 is 26.5. The van der Waals surface area contributed by atoms with Gasteiger partial charge in [-0.15, -0.1) is 6.58 Å². The van der Waals surface area contributed by atoms with Gasteiger partial charge in [-0.1, -0.05) is 36.4 Å². The number of likely N-dealkylation sites (N-methyl/N-ethyl adjacent to an activating group) is 1. The smallest absolute Gasteiger partial charge is 0.174 e. The van der Waals surface area contributed by atoms with Crippen LogP contribution in [-0.2, 0) is 0 Å². The molecule has 0 saturated carbocycles. The van der Waals surface area contributed by atoms with Gasteiger partial charge in [-0.25, -0.2) is 14.4 Å². The molecule has 0 amide bonds. The van der Waals surface area contributed by atoms with E-state index >= 15 is 0 Å². The van der Waals surface area contributed by atoms with Crippen LogP contribution in [0.1, 0.15) is 17.5 Å². The lowest BCUT2D eigenvalue weighted by atomic mass is 10.0. The summed E-state index contributed by atoms with van der Waals surface area (Å²) in [5.41, 5.74) is 3.96. The van der Waals surface area contributed by atoms with Crippen molar-refractivity contribution in [3.05, 3.63) is 90.5 Å². The van der Waals surface area contributed by atoms with Crippen LogP contribution in [0, 0.1) is 24.1 Å². The molecule has 1 atom stereocenters. The first kappa shape index (κ1) is 26.7. The third kappa shape index (κ3) is 5.30. The van der Waals surface area contributed by atoms with E-state index in [0.29, 0.717) is 57.2 Å². The summed E-state index contributed by atoms with van der Waals surface area (Å²) in [4.78, 5) is 14.6. The van der Waals surface area contributed by atoms with E-state index in [2.05, 4.69) is 16.5 Å². The van der Waals surface area contributed by atoms with Crippen LogP contribution in [0.25, 0.3) is 33.2 Å². The fourth-order valence-corrected chi connectivity index (χ4v) is 4.70. The van der Waals surface area contributed by atoms with E-state index in [-0.39, 0.29) is 19.0 Å². The first-order valence-electron chi connectivity index (χ1n) is 12.7. The van der Waals surface area contributed by atoms with Gasteiger partial charge in [-0.3, -0.25) is 0 Å². The largest absolute Gasteiger partial charge is 0.487 e. The van der Waals surface area contributed by atoms with Gasteiger partial charge in [0.15, 0.2) is 18.1 Å². The van der Waals surface area contributed by atoms with Gasteiger partial charge in [0.2, 0.25) is 0 Å². The Morgan fingerprint density at radius 3 is 2.67 bits per heavy atom. The summed E-state index contributed by atoms with van der Waals surface area (Å²) in [7, 11) is 1.87. The Balaban J connectivity index is 1.59. The van der Waals surface area contributed by atoms with E-state index in [4.69, 9.17) is 19.7 Å². The summed E-state index contributed by atoms with van der Waals surface area (Å²) in [5, 5.41) is 21.0.